The Bertz CT molecular complexity index is 603. The molecular weight excluding hydrogens is 332 g/mol. The van der Waals surface area contributed by atoms with Gasteiger partial charge in [0.15, 0.2) is 0 Å². The average molecular weight is 356 g/mol. The van der Waals surface area contributed by atoms with E-state index >= 15 is 0 Å². The minimum Gasteiger partial charge on any atom is -0.466 e. The lowest BCUT2D eigenvalue weighted by Crippen LogP contribution is -2.10. The number of carbonyl (C=O) groups is 2. The molecule has 2 rings (SSSR count). The van der Waals surface area contributed by atoms with Crippen molar-refractivity contribution in [2.75, 3.05) is 13.2 Å². The Balaban J connectivity index is 1.45. The fourth-order valence-electron chi connectivity index (χ4n) is 2.27. The van der Waals surface area contributed by atoms with Crippen molar-refractivity contribution in [1.82, 2.24) is 9.97 Å². The van der Waals surface area contributed by atoms with Crippen LogP contribution in [0.4, 0.5) is 0 Å². The van der Waals surface area contributed by atoms with Crippen LogP contribution >= 0.6 is 0 Å². The van der Waals surface area contributed by atoms with Crippen LogP contribution < -0.4 is 0 Å². The second kappa shape index (κ2) is 11.7. The standard InChI is InChI=1S/C20H24N2O4/c23-19(11-9-17-7-1-3-13-21-17)25-15-5-6-16-26-20(24)12-10-18-8-2-4-14-22-18/h1-4,7-8,13-14H,5-6,9-12,15-16H2. The molecule has 138 valence electrons. The first-order valence-corrected chi connectivity index (χ1v) is 8.85. The molecule has 2 aromatic rings. The molecule has 2 heterocycles. The first-order valence-electron chi connectivity index (χ1n) is 8.85. The molecule has 0 fully saturated rings. The maximum Gasteiger partial charge on any atom is 0.306 e. The molecule has 0 spiro atoms. The largest absolute Gasteiger partial charge is 0.466 e. The summed E-state index contributed by atoms with van der Waals surface area (Å²) < 4.78 is 10.3. The van der Waals surface area contributed by atoms with Crippen LogP contribution in [-0.2, 0) is 31.9 Å². The molecule has 26 heavy (non-hydrogen) atoms. The molecule has 0 bridgehead atoms. The molecule has 0 aliphatic rings. The number of ether oxygens (including phenoxy) is 2. The quantitative estimate of drug-likeness (QED) is 0.455. The average Bonchev–Trinajstić information content (AvgIpc) is 2.69. The van der Waals surface area contributed by atoms with Crippen LogP contribution in [0.2, 0.25) is 0 Å². The minimum absolute atomic E-state index is 0.233. The van der Waals surface area contributed by atoms with Crippen molar-refractivity contribution >= 4 is 11.9 Å². The number of nitrogens with zero attached hydrogens (tertiary/aromatic N) is 2. The summed E-state index contributed by atoms with van der Waals surface area (Å²) in [6.07, 6.45) is 6.54. The summed E-state index contributed by atoms with van der Waals surface area (Å²) >= 11 is 0. The third-order valence-electron chi connectivity index (χ3n) is 3.69. The molecule has 0 radical (unpaired) electrons. The van der Waals surface area contributed by atoms with E-state index in [4.69, 9.17) is 9.47 Å². The van der Waals surface area contributed by atoms with E-state index < -0.39 is 0 Å². The van der Waals surface area contributed by atoms with Crippen molar-refractivity contribution < 1.29 is 19.1 Å². The summed E-state index contributed by atoms with van der Waals surface area (Å²) in [4.78, 5) is 31.6. The van der Waals surface area contributed by atoms with Gasteiger partial charge >= 0.3 is 11.9 Å². The highest BCUT2D eigenvalue weighted by molar-refractivity contribution is 5.70. The Kier molecular flexibility index (Phi) is 8.83. The topological polar surface area (TPSA) is 78.4 Å². The number of esters is 2. The van der Waals surface area contributed by atoms with Crippen LogP contribution in [0.15, 0.2) is 48.8 Å². The van der Waals surface area contributed by atoms with E-state index in [9.17, 15) is 9.59 Å². The van der Waals surface area contributed by atoms with Gasteiger partial charge < -0.3 is 9.47 Å². The molecule has 0 saturated carbocycles. The number of pyridine rings is 2. The second-order valence-corrected chi connectivity index (χ2v) is 5.79. The van der Waals surface area contributed by atoms with E-state index in [1.807, 2.05) is 36.4 Å². The lowest BCUT2D eigenvalue weighted by Gasteiger charge is -2.06. The van der Waals surface area contributed by atoms with Crippen molar-refractivity contribution in [3.63, 3.8) is 0 Å². The van der Waals surface area contributed by atoms with Crippen molar-refractivity contribution in [2.45, 2.75) is 38.5 Å². The van der Waals surface area contributed by atoms with Crippen molar-refractivity contribution in [3.8, 4) is 0 Å². The molecule has 6 heteroatoms. The maximum absolute atomic E-state index is 11.6. The zero-order valence-corrected chi connectivity index (χ0v) is 14.8. The number of hydrogen-bond acceptors (Lipinski definition) is 6. The van der Waals surface area contributed by atoms with Gasteiger partial charge in [-0.15, -0.1) is 0 Å². The van der Waals surface area contributed by atoms with Gasteiger partial charge in [-0.2, -0.15) is 0 Å². The van der Waals surface area contributed by atoms with Crippen LogP contribution in [0, 0.1) is 0 Å². The van der Waals surface area contributed by atoms with E-state index in [0.717, 1.165) is 11.4 Å². The zero-order chi connectivity index (χ0) is 18.5. The Labute approximate surface area is 153 Å². The molecule has 0 saturated heterocycles. The molecule has 0 unspecified atom stereocenters. The van der Waals surface area contributed by atoms with Crippen LogP contribution in [0.25, 0.3) is 0 Å². The molecule has 0 aromatic carbocycles. The van der Waals surface area contributed by atoms with Gasteiger partial charge in [-0.3, -0.25) is 19.6 Å². The number of hydrogen-bond donors (Lipinski definition) is 0. The first kappa shape index (κ1) is 19.6. The van der Waals surface area contributed by atoms with Gasteiger partial charge in [0.2, 0.25) is 0 Å². The molecule has 2 aromatic heterocycles. The van der Waals surface area contributed by atoms with Gasteiger partial charge in [0, 0.05) is 36.6 Å². The molecule has 0 aliphatic heterocycles. The number of carbonyl (C=O) groups excluding carboxylic acids is 2. The fourth-order valence-corrected chi connectivity index (χ4v) is 2.27. The highest BCUT2D eigenvalue weighted by Gasteiger charge is 2.06. The monoisotopic (exact) mass is 356 g/mol. The number of aryl methyl sites for hydroxylation is 2. The van der Waals surface area contributed by atoms with Crippen molar-refractivity contribution in [3.05, 3.63) is 60.2 Å². The minimum atomic E-state index is -0.233. The first-order chi connectivity index (χ1) is 12.7. The highest BCUT2D eigenvalue weighted by Crippen LogP contribution is 2.02. The van der Waals surface area contributed by atoms with Crippen LogP contribution in [0.3, 0.4) is 0 Å². The zero-order valence-electron chi connectivity index (χ0n) is 14.8. The lowest BCUT2D eigenvalue weighted by molar-refractivity contribution is -0.146. The van der Waals surface area contributed by atoms with E-state index in [0.29, 0.717) is 51.7 Å². The summed E-state index contributed by atoms with van der Waals surface area (Å²) in [6.45, 7) is 0.680. The summed E-state index contributed by atoms with van der Waals surface area (Å²) in [5.41, 5.74) is 1.75. The number of unbranched alkanes of at least 4 members (excludes halogenated alkanes) is 1. The number of aromatic nitrogens is 2. The highest BCUT2D eigenvalue weighted by atomic mass is 16.5. The van der Waals surface area contributed by atoms with E-state index in [1.165, 1.54) is 0 Å². The Morgan fingerprint density at radius 1 is 0.731 bits per heavy atom. The second-order valence-electron chi connectivity index (χ2n) is 5.79. The summed E-state index contributed by atoms with van der Waals surface area (Å²) in [7, 11) is 0. The van der Waals surface area contributed by atoms with Gasteiger partial charge in [0.05, 0.1) is 26.1 Å². The molecule has 0 amide bonds. The third kappa shape index (κ3) is 8.37. The molecule has 6 nitrogen and oxygen atoms in total. The van der Waals surface area contributed by atoms with Gasteiger partial charge in [-0.25, -0.2) is 0 Å². The summed E-state index contributed by atoms with van der Waals surface area (Å²) in [5.74, 6) is -0.467. The third-order valence-corrected chi connectivity index (χ3v) is 3.69. The van der Waals surface area contributed by atoms with Crippen LogP contribution in [0.5, 0.6) is 0 Å². The maximum atomic E-state index is 11.6. The predicted octanol–water partition coefficient (Wildman–Crippen LogP) is 2.91. The SMILES string of the molecule is O=C(CCc1ccccn1)OCCCCOC(=O)CCc1ccccn1. The fraction of sp³-hybridized carbons (Fsp3) is 0.400. The lowest BCUT2D eigenvalue weighted by atomic mass is 10.2. The summed E-state index contributed by atoms with van der Waals surface area (Å²) in [5, 5.41) is 0. The van der Waals surface area contributed by atoms with Gasteiger partial charge in [0.25, 0.3) is 0 Å². The van der Waals surface area contributed by atoms with E-state index in [-0.39, 0.29) is 11.9 Å². The van der Waals surface area contributed by atoms with Gasteiger partial charge in [-0.1, -0.05) is 12.1 Å². The van der Waals surface area contributed by atoms with Crippen LogP contribution in [-0.4, -0.2) is 35.1 Å². The Hall–Kier alpha value is -2.76. The van der Waals surface area contributed by atoms with E-state index in [2.05, 4.69) is 9.97 Å². The number of rotatable bonds is 11. The van der Waals surface area contributed by atoms with Crippen molar-refractivity contribution in [2.24, 2.45) is 0 Å². The molecule has 0 aliphatic carbocycles. The summed E-state index contributed by atoms with van der Waals surface area (Å²) in [6, 6.07) is 11.2. The molecule has 0 N–H and O–H groups in total. The van der Waals surface area contributed by atoms with Crippen molar-refractivity contribution in [1.29, 1.82) is 0 Å². The van der Waals surface area contributed by atoms with Gasteiger partial charge in [0.1, 0.15) is 0 Å². The van der Waals surface area contributed by atoms with Crippen LogP contribution in [0.1, 0.15) is 37.1 Å². The molecular formula is C20H24N2O4. The smallest absolute Gasteiger partial charge is 0.306 e. The van der Waals surface area contributed by atoms with E-state index in [1.54, 1.807) is 12.4 Å². The molecule has 0 atom stereocenters. The van der Waals surface area contributed by atoms with Gasteiger partial charge in [-0.05, 0) is 37.1 Å². The Morgan fingerprint density at radius 3 is 1.58 bits per heavy atom. The Morgan fingerprint density at radius 2 is 1.19 bits per heavy atom. The predicted molar refractivity (Wildman–Crippen MR) is 96.3 cm³/mol. The normalized spacial score (nSPS) is 10.3.